The van der Waals surface area contributed by atoms with Gasteiger partial charge < -0.3 is 14.9 Å². The first kappa shape index (κ1) is 12.6. The molecule has 1 unspecified atom stereocenters. The van der Waals surface area contributed by atoms with E-state index in [0.29, 0.717) is 0 Å². The van der Waals surface area contributed by atoms with Crippen LogP contribution >= 0.6 is 0 Å². The first-order valence-electron chi connectivity index (χ1n) is 4.08. The molecule has 80 valence electrons. The first-order chi connectivity index (χ1) is 6.43. The molecule has 0 heterocycles. The highest BCUT2D eigenvalue weighted by Gasteiger charge is 2.15. The number of ether oxygens (including phenoxy) is 1. The van der Waals surface area contributed by atoms with Crippen molar-refractivity contribution in [3.05, 3.63) is 0 Å². The quantitative estimate of drug-likeness (QED) is 0.470. The van der Waals surface area contributed by atoms with Crippen LogP contribution in [0.2, 0.25) is 0 Å². The van der Waals surface area contributed by atoms with Crippen molar-refractivity contribution in [1.82, 2.24) is 0 Å². The van der Waals surface area contributed by atoms with Crippen molar-refractivity contribution in [1.29, 1.82) is 0 Å². The highest BCUT2D eigenvalue weighted by Crippen LogP contribution is 1.99. The Kier molecular flexibility index (Phi) is 5.47. The van der Waals surface area contributed by atoms with Gasteiger partial charge in [-0.15, -0.1) is 0 Å². The smallest absolute Gasteiger partial charge is 0.342 e. The van der Waals surface area contributed by atoms with E-state index in [0.717, 1.165) is 0 Å². The Bertz CT molecular complexity index is 232. The molecule has 1 atom stereocenters. The molecule has 0 radical (unpaired) electrons. The second-order valence-electron chi connectivity index (χ2n) is 2.72. The lowest BCUT2D eigenvalue weighted by atomic mass is 10.2. The van der Waals surface area contributed by atoms with Gasteiger partial charge in [0.25, 0.3) is 0 Å². The third-order valence-corrected chi connectivity index (χ3v) is 1.33. The molecule has 0 aliphatic heterocycles. The van der Waals surface area contributed by atoms with E-state index >= 15 is 0 Å². The van der Waals surface area contributed by atoms with Gasteiger partial charge in [-0.3, -0.25) is 9.59 Å². The largest absolute Gasteiger partial charge is 0.481 e. The van der Waals surface area contributed by atoms with Gasteiger partial charge in [-0.05, 0) is 13.3 Å². The summed E-state index contributed by atoms with van der Waals surface area (Å²) in [7, 11) is 0. The third kappa shape index (κ3) is 6.13. The van der Waals surface area contributed by atoms with Crippen LogP contribution in [0.5, 0.6) is 0 Å². The van der Waals surface area contributed by atoms with Gasteiger partial charge in [-0.25, -0.2) is 4.79 Å². The Labute approximate surface area is 80.5 Å². The summed E-state index contributed by atoms with van der Waals surface area (Å²) in [6, 6.07) is 0. The summed E-state index contributed by atoms with van der Waals surface area (Å²) >= 11 is 0. The normalized spacial score (nSPS) is 11.9. The Hall–Kier alpha value is -1.43. The van der Waals surface area contributed by atoms with Crippen LogP contribution in [-0.2, 0) is 19.1 Å². The van der Waals surface area contributed by atoms with Gasteiger partial charge in [0.15, 0.2) is 0 Å². The number of esters is 2. The number of carboxylic acid groups (broad SMARTS) is 1. The zero-order valence-electron chi connectivity index (χ0n) is 7.73. The summed E-state index contributed by atoms with van der Waals surface area (Å²) in [4.78, 5) is 31.5. The summed E-state index contributed by atoms with van der Waals surface area (Å²) < 4.78 is 4.17. The van der Waals surface area contributed by atoms with Crippen molar-refractivity contribution in [3.63, 3.8) is 0 Å². The van der Waals surface area contributed by atoms with Crippen LogP contribution < -0.4 is 0 Å². The molecule has 0 aliphatic carbocycles. The van der Waals surface area contributed by atoms with E-state index in [2.05, 4.69) is 4.74 Å². The van der Waals surface area contributed by atoms with Gasteiger partial charge in [0, 0.05) is 12.8 Å². The number of aliphatic hydroxyl groups is 1. The fourth-order valence-electron chi connectivity index (χ4n) is 0.632. The zero-order chi connectivity index (χ0) is 11.1. The average molecular weight is 204 g/mol. The van der Waals surface area contributed by atoms with E-state index in [1.807, 2.05) is 0 Å². The van der Waals surface area contributed by atoms with Gasteiger partial charge in [0.05, 0.1) is 0 Å². The van der Waals surface area contributed by atoms with E-state index in [-0.39, 0.29) is 19.3 Å². The number of rotatable bonds is 5. The number of carbonyl (C=O) groups is 3. The summed E-state index contributed by atoms with van der Waals surface area (Å²) in [5.74, 6) is -2.86. The van der Waals surface area contributed by atoms with Crippen molar-refractivity contribution in [2.45, 2.75) is 32.3 Å². The highest BCUT2D eigenvalue weighted by atomic mass is 16.6. The van der Waals surface area contributed by atoms with Crippen molar-refractivity contribution >= 4 is 17.9 Å². The minimum Gasteiger partial charge on any atom is -0.481 e. The number of hydrogen-bond donors (Lipinski definition) is 2. The SMILES string of the molecule is CC(O)C(=O)OC(=O)CCCC(=O)O. The van der Waals surface area contributed by atoms with Gasteiger partial charge in [-0.1, -0.05) is 0 Å². The zero-order valence-corrected chi connectivity index (χ0v) is 7.73. The predicted octanol–water partition coefficient (Wildman–Crippen LogP) is -0.308. The van der Waals surface area contributed by atoms with E-state index in [1.165, 1.54) is 6.92 Å². The van der Waals surface area contributed by atoms with Gasteiger partial charge in [0.1, 0.15) is 6.10 Å². The number of aliphatic hydroxyl groups excluding tert-OH is 1. The second-order valence-corrected chi connectivity index (χ2v) is 2.72. The summed E-state index contributed by atoms with van der Waals surface area (Å²) in [6.07, 6.45) is -1.54. The van der Waals surface area contributed by atoms with Crippen LogP contribution in [0.3, 0.4) is 0 Å². The molecule has 2 N–H and O–H groups in total. The molecule has 6 nitrogen and oxygen atoms in total. The minimum absolute atomic E-state index is 0.112. The van der Waals surface area contributed by atoms with Crippen LogP contribution in [0.15, 0.2) is 0 Å². The number of hydrogen-bond acceptors (Lipinski definition) is 5. The number of carboxylic acids is 1. The van der Waals surface area contributed by atoms with E-state index in [1.54, 1.807) is 0 Å². The van der Waals surface area contributed by atoms with Crippen molar-refractivity contribution < 1.29 is 29.3 Å². The molecule has 0 aliphatic rings. The van der Waals surface area contributed by atoms with E-state index in [4.69, 9.17) is 10.2 Å². The Morgan fingerprint density at radius 2 is 1.86 bits per heavy atom. The molecular formula is C8H12O6. The lowest BCUT2D eigenvalue weighted by Crippen LogP contribution is -2.22. The first-order valence-corrected chi connectivity index (χ1v) is 4.08. The summed E-state index contributed by atoms with van der Waals surface area (Å²) in [5.41, 5.74) is 0. The molecule has 0 spiro atoms. The van der Waals surface area contributed by atoms with E-state index < -0.39 is 24.0 Å². The van der Waals surface area contributed by atoms with Crippen LogP contribution in [0, 0.1) is 0 Å². The molecule has 0 aromatic rings. The van der Waals surface area contributed by atoms with Gasteiger partial charge in [0.2, 0.25) is 0 Å². The van der Waals surface area contributed by atoms with Gasteiger partial charge >= 0.3 is 17.9 Å². The molecule has 0 rings (SSSR count). The van der Waals surface area contributed by atoms with Crippen molar-refractivity contribution in [2.24, 2.45) is 0 Å². The maximum absolute atomic E-state index is 10.8. The molecular weight excluding hydrogens is 192 g/mol. The van der Waals surface area contributed by atoms with Crippen LogP contribution in [0.4, 0.5) is 0 Å². The standard InChI is InChI=1S/C8H12O6/c1-5(9)8(13)14-7(12)4-2-3-6(10)11/h5,9H,2-4H2,1H3,(H,10,11). The predicted molar refractivity (Wildman–Crippen MR) is 44.3 cm³/mol. The summed E-state index contributed by atoms with van der Waals surface area (Å²) in [6.45, 7) is 1.17. The average Bonchev–Trinajstić information content (AvgIpc) is 2.02. The molecule has 14 heavy (non-hydrogen) atoms. The van der Waals surface area contributed by atoms with Crippen LogP contribution in [0.25, 0.3) is 0 Å². The lowest BCUT2D eigenvalue weighted by molar-refractivity contribution is -0.165. The van der Waals surface area contributed by atoms with Crippen LogP contribution in [-0.4, -0.2) is 34.2 Å². The Balaban J connectivity index is 3.66. The topological polar surface area (TPSA) is 101 Å². The number of carbonyl (C=O) groups excluding carboxylic acids is 2. The fraction of sp³-hybridized carbons (Fsp3) is 0.625. The van der Waals surface area contributed by atoms with Crippen molar-refractivity contribution in [2.75, 3.05) is 0 Å². The van der Waals surface area contributed by atoms with E-state index in [9.17, 15) is 14.4 Å². The summed E-state index contributed by atoms with van der Waals surface area (Å²) in [5, 5.41) is 16.9. The minimum atomic E-state index is -1.35. The maximum atomic E-state index is 10.8. The highest BCUT2D eigenvalue weighted by molar-refractivity contribution is 5.87. The van der Waals surface area contributed by atoms with Gasteiger partial charge in [-0.2, -0.15) is 0 Å². The van der Waals surface area contributed by atoms with Crippen molar-refractivity contribution in [3.8, 4) is 0 Å². The fourth-order valence-corrected chi connectivity index (χ4v) is 0.632. The molecule has 6 heteroatoms. The molecule has 0 fully saturated rings. The third-order valence-electron chi connectivity index (χ3n) is 1.33. The maximum Gasteiger partial charge on any atom is 0.342 e. The molecule has 0 amide bonds. The number of aliphatic carboxylic acids is 1. The molecule has 0 bridgehead atoms. The second kappa shape index (κ2) is 6.09. The Morgan fingerprint density at radius 3 is 2.29 bits per heavy atom. The molecule has 0 saturated heterocycles. The molecule has 0 saturated carbocycles. The monoisotopic (exact) mass is 204 g/mol. The Morgan fingerprint density at radius 1 is 1.29 bits per heavy atom. The molecule has 0 aromatic carbocycles. The van der Waals surface area contributed by atoms with Crippen LogP contribution in [0.1, 0.15) is 26.2 Å². The lowest BCUT2D eigenvalue weighted by Gasteiger charge is -2.03. The molecule has 0 aromatic heterocycles.